The van der Waals surface area contributed by atoms with Crippen LogP contribution in [0, 0.1) is 0 Å². The number of hydrogen-bond donors (Lipinski definition) is 2. The second-order valence-corrected chi connectivity index (χ2v) is 2.40. The molecule has 0 aliphatic rings. The molecule has 0 amide bonds. The molecule has 2 N–H and O–H groups in total. The number of rotatable bonds is 6. The van der Waals surface area contributed by atoms with Crippen molar-refractivity contribution >= 4 is 12.1 Å². The lowest BCUT2D eigenvalue weighted by Crippen LogP contribution is -2.24. The van der Waals surface area contributed by atoms with E-state index in [0.29, 0.717) is 5.70 Å². The van der Waals surface area contributed by atoms with Crippen LogP contribution in [0.1, 0.15) is 13.3 Å². The molecular weight excluding hydrogens is 170 g/mol. The van der Waals surface area contributed by atoms with Gasteiger partial charge in [0.1, 0.15) is 6.10 Å². The van der Waals surface area contributed by atoms with Gasteiger partial charge in [-0.15, -0.1) is 0 Å². The summed E-state index contributed by atoms with van der Waals surface area (Å²) in [6, 6.07) is 0. The van der Waals surface area contributed by atoms with E-state index in [1.807, 2.05) is 0 Å². The summed E-state index contributed by atoms with van der Waals surface area (Å²) in [6.07, 6.45) is 2.08. The zero-order valence-corrected chi connectivity index (χ0v) is 7.49. The van der Waals surface area contributed by atoms with Crippen molar-refractivity contribution in [3.05, 3.63) is 24.6 Å². The third-order valence-electron chi connectivity index (χ3n) is 1.49. The molecule has 0 bridgehead atoms. The summed E-state index contributed by atoms with van der Waals surface area (Å²) in [4.78, 5) is 20.7. The van der Waals surface area contributed by atoms with E-state index >= 15 is 0 Å². The summed E-state index contributed by atoms with van der Waals surface area (Å²) in [6.45, 7) is 5.19. The number of Topliss-reactive ketones (excluding diaryl/α,β-unsaturated/α-hetero) is 1. The molecule has 0 spiro atoms. The molecule has 0 unspecified atom stereocenters. The molecule has 0 heterocycles. The molecule has 0 aliphatic carbocycles. The zero-order valence-electron chi connectivity index (χ0n) is 7.49. The number of aliphatic hydroxyl groups excluding tert-OH is 1. The van der Waals surface area contributed by atoms with E-state index < -0.39 is 11.9 Å². The molecule has 0 fully saturated rings. The van der Waals surface area contributed by atoms with Gasteiger partial charge in [-0.25, -0.2) is 0 Å². The van der Waals surface area contributed by atoms with E-state index in [1.54, 1.807) is 13.0 Å². The molecule has 72 valence electrons. The number of hydrogen-bond acceptors (Lipinski definition) is 4. The maximum absolute atomic E-state index is 10.7. The Morgan fingerprint density at radius 2 is 2.31 bits per heavy atom. The van der Waals surface area contributed by atoms with Crippen molar-refractivity contribution < 1.29 is 14.7 Å². The maximum Gasteiger partial charge on any atom is 0.223 e. The molecule has 0 aliphatic heterocycles. The van der Waals surface area contributed by atoms with E-state index in [-0.39, 0.29) is 12.7 Å². The summed E-state index contributed by atoms with van der Waals surface area (Å²) in [5.41, 5.74) is 0.651. The van der Waals surface area contributed by atoms with Crippen molar-refractivity contribution in [1.82, 2.24) is 5.32 Å². The van der Waals surface area contributed by atoms with Crippen molar-refractivity contribution in [2.24, 2.45) is 0 Å². The van der Waals surface area contributed by atoms with Gasteiger partial charge in [0.25, 0.3) is 0 Å². The summed E-state index contributed by atoms with van der Waals surface area (Å²) < 4.78 is 0. The van der Waals surface area contributed by atoms with Gasteiger partial charge >= 0.3 is 0 Å². The Hall–Kier alpha value is -1.42. The van der Waals surface area contributed by atoms with E-state index in [2.05, 4.69) is 11.9 Å². The predicted molar refractivity (Wildman–Crippen MR) is 48.8 cm³/mol. The van der Waals surface area contributed by atoms with Crippen LogP contribution in [-0.2, 0) is 9.59 Å². The lowest BCUT2D eigenvalue weighted by Gasteiger charge is -2.09. The van der Waals surface area contributed by atoms with E-state index in [9.17, 15) is 9.59 Å². The first kappa shape index (κ1) is 11.6. The minimum Gasteiger partial charge on any atom is -0.384 e. The highest BCUT2D eigenvalue weighted by atomic mass is 16.3. The minimum atomic E-state index is -1.27. The smallest absolute Gasteiger partial charge is 0.223 e. The average Bonchev–Trinajstić information content (AvgIpc) is 2.15. The van der Waals surface area contributed by atoms with Crippen LogP contribution in [0.4, 0.5) is 0 Å². The monoisotopic (exact) mass is 183 g/mol. The molecule has 0 saturated heterocycles. The highest BCUT2D eigenvalue weighted by Crippen LogP contribution is 2.02. The lowest BCUT2D eigenvalue weighted by molar-refractivity contribution is -0.135. The molecule has 1 atom stereocenters. The van der Waals surface area contributed by atoms with Gasteiger partial charge in [-0.05, 0) is 13.1 Å². The molecule has 13 heavy (non-hydrogen) atoms. The summed E-state index contributed by atoms with van der Waals surface area (Å²) in [5, 5.41) is 11.9. The van der Waals surface area contributed by atoms with Crippen molar-refractivity contribution in [2.45, 2.75) is 19.4 Å². The third kappa shape index (κ3) is 4.22. The fourth-order valence-electron chi connectivity index (χ4n) is 0.779. The van der Waals surface area contributed by atoms with Gasteiger partial charge in [-0.3, -0.25) is 9.59 Å². The normalized spacial score (nSPS) is 13.2. The summed E-state index contributed by atoms with van der Waals surface area (Å²) in [5.74, 6) is -0.815. The summed E-state index contributed by atoms with van der Waals surface area (Å²) >= 11 is 0. The molecule has 0 saturated carbocycles. The lowest BCUT2D eigenvalue weighted by atomic mass is 10.1. The number of aliphatic hydroxyl groups is 1. The van der Waals surface area contributed by atoms with Crippen LogP contribution >= 0.6 is 0 Å². The molecule has 0 aromatic rings. The first-order valence-electron chi connectivity index (χ1n) is 3.85. The Morgan fingerprint density at radius 1 is 1.69 bits per heavy atom. The van der Waals surface area contributed by atoms with Gasteiger partial charge in [0.05, 0.1) is 0 Å². The SMILES string of the molecule is C=CN/C(=C\C)C[C@H](O)C(=O)C=O. The molecule has 0 rings (SSSR count). The van der Waals surface area contributed by atoms with Crippen LogP contribution in [0.25, 0.3) is 0 Å². The number of ketones is 1. The Morgan fingerprint density at radius 3 is 2.69 bits per heavy atom. The molecule has 0 aromatic carbocycles. The number of carbonyl (C=O) groups is 2. The van der Waals surface area contributed by atoms with Gasteiger partial charge in [-0.2, -0.15) is 0 Å². The number of carbonyl (C=O) groups excluding carboxylic acids is 2. The van der Waals surface area contributed by atoms with Crippen molar-refractivity contribution in [3.63, 3.8) is 0 Å². The molecule has 0 radical (unpaired) electrons. The second-order valence-electron chi connectivity index (χ2n) is 2.40. The van der Waals surface area contributed by atoms with E-state index in [0.717, 1.165) is 0 Å². The Kier molecular flexibility index (Phi) is 5.47. The number of nitrogens with one attached hydrogen (secondary N) is 1. The molecular formula is C9H13NO3. The maximum atomic E-state index is 10.7. The van der Waals surface area contributed by atoms with Gasteiger partial charge < -0.3 is 10.4 Å². The second kappa shape index (κ2) is 6.14. The molecule has 4 heteroatoms. The van der Waals surface area contributed by atoms with Gasteiger partial charge in [-0.1, -0.05) is 12.7 Å². The Bertz CT molecular complexity index is 233. The highest BCUT2D eigenvalue weighted by molar-refractivity contribution is 6.27. The summed E-state index contributed by atoms with van der Waals surface area (Å²) in [7, 11) is 0. The zero-order chi connectivity index (χ0) is 10.3. The van der Waals surface area contributed by atoms with Crippen LogP contribution < -0.4 is 5.32 Å². The minimum absolute atomic E-state index is 0.0973. The highest BCUT2D eigenvalue weighted by Gasteiger charge is 2.14. The predicted octanol–water partition coefficient (Wildman–Crippen LogP) is 0.142. The van der Waals surface area contributed by atoms with Gasteiger partial charge in [0, 0.05) is 12.1 Å². The Balaban J connectivity index is 4.16. The van der Waals surface area contributed by atoms with Gasteiger partial charge in [0.2, 0.25) is 5.78 Å². The van der Waals surface area contributed by atoms with Crippen LogP contribution in [0.2, 0.25) is 0 Å². The largest absolute Gasteiger partial charge is 0.384 e. The quantitative estimate of drug-likeness (QED) is 0.454. The van der Waals surface area contributed by atoms with Crippen molar-refractivity contribution in [2.75, 3.05) is 0 Å². The van der Waals surface area contributed by atoms with Crippen LogP contribution in [0.15, 0.2) is 24.6 Å². The third-order valence-corrected chi connectivity index (χ3v) is 1.49. The fraction of sp³-hybridized carbons (Fsp3) is 0.333. The first-order valence-corrected chi connectivity index (χ1v) is 3.85. The number of aldehydes is 1. The van der Waals surface area contributed by atoms with E-state index in [1.165, 1.54) is 6.20 Å². The topological polar surface area (TPSA) is 66.4 Å². The Labute approximate surface area is 76.9 Å². The molecule has 0 aromatic heterocycles. The molecule has 4 nitrogen and oxygen atoms in total. The van der Waals surface area contributed by atoms with Crippen LogP contribution in [-0.4, -0.2) is 23.3 Å². The first-order chi connectivity index (χ1) is 6.15. The fourth-order valence-corrected chi connectivity index (χ4v) is 0.779. The average molecular weight is 183 g/mol. The van der Waals surface area contributed by atoms with Gasteiger partial charge in [0.15, 0.2) is 6.29 Å². The van der Waals surface area contributed by atoms with Crippen LogP contribution in [0.5, 0.6) is 0 Å². The van der Waals surface area contributed by atoms with E-state index in [4.69, 9.17) is 5.11 Å². The van der Waals surface area contributed by atoms with Crippen LogP contribution in [0.3, 0.4) is 0 Å². The van der Waals surface area contributed by atoms with Crippen molar-refractivity contribution in [3.8, 4) is 0 Å². The van der Waals surface area contributed by atoms with Crippen molar-refractivity contribution in [1.29, 1.82) is 0 Å². The standard InChI is InChI=1S/C9H13NO3/c1-3-7(10-4-2)5-8(12)9(13)6-11/h3-4,6,8,10,12H,2,5H2,1H3/b7-3-/t8-/m0/s1. The number of allylic oxidation sites excluding steroid dienone is 1.